The minimum Gasteiger partial charge on any atom is -0.345 e. The fourth-order valence-corrected chi connectivity index (χ4v) is 2.62. The topological polar surface area (TPSA) is 48.5 Å². The lowest BCUT2D eigenvalue weighted by molar-refractivity contribution is 0.188. The number of thiazole rings is 1. The number of hydrogen-bond donors (Lipinski definition) is 1. The summed E-state index contributed by atoms with van der Waals surface area (Å²) in [5.74, 6) is 0.459. The first-order chi connectivity index (χ1) is 9.08. The first kappa shape index (κ1) is 14.1. The average molecular weight is 282 g/mol. The largest absolute Gasteiger partial charge is 0.345 e. The maximum absolute atomic E-state index is 12.1. The highest BCUT2D eigenvalue weighted by atomic mass is 32.1. The molecule has 1 fully saturated rings. The van der Waals surface area contributed by atoms with E-state index in [9.17, 15) is 4.79 Å². The van der Waals surface area contributed by atoms with Gasteiger partial charge in [-0.05, 0) is 12.8 Å². The van der Waals surface area contributed by atoms with Gasteiger partial charge >= 0.3 is 6.03 Å². The molecular formula is C13H22N4OS. The monoisotopic (exact) mass is 282 g/mol. The average Bonchev–Trinajstić information content (AvgIpc) is 2.92. The SMILES string of the molecule is CC(C)[C@@H](C)NC(=O)N1CCN(c2nccs2)CC1. The summed E-state index contributed by atoms with van der Waals surface area (Å²) < 4.78 is 0. The fourth-order valence-electron chi connectivity index (χ4n) is 1.93. The molecule has 0 saturated carbocycles. The van der Waals surface area contributed by atoms with Gasteiger partial charge in [0.25, 0.3) is 0 Å². The molecule has 0 aromatic carbocycles. The molecule has 6 heteroatoms. The number of carbonyl (C=O) groups is 1. The molecule has 0 spiro atoms. The van der Waals surface area contributed by atoms with Crippen molar-refractivity contribution >= 4 is 22.5 Å². The zero-order chi connectivity index (χ0) is 13.8. The molecule has 106 valence electrons. The van der Waals surface area contributed by atoms with Gasteiger partial charge in [-0.15, -0.1) is 11.3 Å². The van der Waals surface area contributed by atoms with Crippen LogP contribution in [-0.4, -0.2) is 48.1 Å². The predicted molar refractivity (Wildman–Crippen MR) is 78.7 cm³/mol. The lowest BCUT2D eigenvalue weighted by Crippen LogP contribution is -2.53. The Kier molecular flexibility index (Phi) is 4.63. The quantitative estimate of drug-likeness (QED) is 0.922. The molecule has 19 heavy (non-hydrogen) atoms. The van der Waals surface area contributed by atoms with E-state index in [1.807, 2.05) is 23.4 Å². The van der Waals surface area contributed by atoms with Gasteiger partial charge in [0.15, 0.2) is 5.13 Å². The Morgan fingerprint density at radius 3 is 2.53 bits per heavy atom. The number of nitrogens with zero attached hydrogens (tertiary/aromatic N) is 3. The number of nitrogens with one attached hydrogen (secondary N) is 1. The third-order valence-corrected chi connectivity index (χ3v) is 4.44. The number of aromatic nitrogens is 1. The summed E-state index contributed by atoms with van der Waals surface area (Å²) in [4.78, 5) is 20.5. The molecule has 1 saturated heterocycles. The van der Waals surface area contributed by atoms with Gasteiger partial charge < -0.3 is 15.1 Å². The van der Waals surface area contributed by atoms with E-state index in [1.54, 1.807) is 11.3 Å². The van der Waals surface area contributed by atoms with Crippen molar-refractivity contribution < 1.29 is 4.79 Å². The molecule has 1 N–H and O–H groups in total. The predicted octanol–water partition coefficient (Wildman–Crippen LogP) is 2.02. The molecule has 2 amide bonds. The molecule has 0 aliphatic carbocycles. The lowest BCUT2D eigenvalue weighted by atomic mass is 10.1. The summed E-state index contributed by atoms with van der Waals surface area (Å²) in [5, 5.41) is 6.09. The molecule has 2 heterocycles. The molecule has 0 radical (unpaired) electrons. The second kappa shape index (κ2) is 6.23. The highest BCUT2D eigenvalue weighted by molar-refractivity contribution is 7.13. The third kappa shape index (κ3) is 3.59. The van der Waals surface area contributed by atoms with Crippen molar-refractivity contribution in [1.82, 2.24) is 15.2 Å². The van der Waals surface area contributed by atoms with Crippen LogP contribution < -0.4 is 10.2 Å². The van der Waals surface area contributed by atoms with Crippen molar-refractivity contribution in [2.75, 3.05) is 31.1 Å². The van der Waals surface area contributed by atoms with Gasteiger partial charge in [0, 0.05) is 43.8 Å². The van der Waals surface area contributed by atoms with E-state index in [0.717, 1.165) is 31.3 Å². The van der Waals surface area contributed by atoms with Crippen LogP contribution in [0.15, 0.2) is 11.6 Å². The molecule has 5 nitrogen and oxygen atoms in total. The van der Waals surface area contributed by atoms with Gasteiger partial charge in [0.2, 0.25) is 0 Å². The number of carbonyl (C=O) groups excluding carboxylic acids is 1. The molecule has 1 aromatic rings. The highest BCUT2D eigenvalue weighted by Gasteiger charge is 2.23. The van der Waals surface area contributed by atoms with Crippen molar-refractivity contribution in [2.24, 2.45) is 5.92 Å². The molecule has 0 unspecified atom stereocenters. The summed E-state index contributed by atoms with van der Waals surface area (Å²) >= 11 is 1.65. The second-order valence-corrected chi connectivity index (χ2v) is 6.14. The molecular weight excluding hydrogens is 260 g/mol. The van der Waals surface area contributed by atoms with E-state index in [2.05, 4.69) is 29.0 Å². The zero-order valence-corrected chi connectivity index (χ0v) is 12.6. The zero-order valence-electron chi connectivity index (χ0n) is 11.8. The molecule has 1 aromatic heterocycles. The van der Waals surface area contributed by atoms with Crippen LogP contribution in [0.1, 0.15) is 20.8 Å². The Labute approximate surface area is 118 Å². The van der Waals surface area contributed by atoms with Gasteiger partial charge in [-0.1, -0.05) is 13.8 Å². The van der Waals surface area contributed by atoms with Crippen molar-refractivity contribution in [3.63, 3.8) is 0 Å². The van der Waals surface area contributed by atoms with Crippen LogP contribution in [0.4, 0.5) is 9.93 Å². The number of rotatable bonds is 3. The smallest absolute Gasteiger partial charge is 0.317 e. The second-order valence-electron chi connectivity index (χ2n) is 5.27. The van der Waals surface area contributed by atoms with Gasteiger partial charge in [-0.25, -0.2) is 9.78 Å². The summed E-state index contributed by atoms with van der Waals surface area (Å²) in [6, 6.07) is 0.268. The van der Waals surface area contributed by atoms with Crippen LogP contribution in [0.3, 0.4) is 0 Å². The van der Waals surface area contributed by atoms with Gasteiger partial charge in [0.05, 0.1) is 0 Å². The third-order valence-electron chi connectivity index (χ3n) is 3.61. The van der Waals surface area contributed by atoms with E-state index in [0.29, 0.717) is 5.92 Å². The Balaban J connectivity index is 1.81. The minimum atomic E-state index is 0.0555. The first-order valence-corrected chi connectivity index (χ1v) is 7.65. The van der Waals surface area contributed by atoms with Crippen molar-refractivity contribution in [1.29, 1.82) is 0 Å². The van der Waals surface area contributed by atoms with Crippen LogP contribution in [0.5, 0.6) is 0 Å². The van der Waals surface area contributed by atoms with Crippen LogP contribution in [0.25, 0.3) is 0 Å². The van der Waals surface area contributed by atoms with Crippen LogP contribution in [-0.2, 0) is 0 Å². The van der Waals surface area contributed by atoms with E-state index < -0.39 is 0 Å². The van der Waals surface area contributed by atoms with Gasteiger partial charge in [-0.3, -0.25) is 0 Å². The van der Waals surface area contributed by atoms with Crippen molar-refractivity contribution in [3.8, 4) is 0 Å². The molecule has 2 rings (SSSR count). The number of urea groups is 1. The number of amides is 2. The molecule has 0 bridgehead atoms. The normalized spacial score (nSPS) is 17.7. The van der Waals surface area contributed by atoms with Crippen molar-refractivity contribution in [2.45, 2.75) is 26.8 Å². The van der Waals surface area contributed by atoms with Gasteiger partial charge in [0.1, 0.15) is 0 Å². The van der Waals surface area contributed by atoms with Crippen LogP contribution >= 0.6 is 11.3 Å². The first-order valence-electron chi connectivity index (χ1n) is 6.78. The van der Waals surface area contributed by atoms with E-state index >= 15 is 0 Å². The Morgan fingerprint density at radius 1 is 1.32 bits per heavy atom. The summed E-state index contributed by atoms with van der Waals surface area (Å²) in [7, 11) is 0. The van der Waals surface area contributed by atoms with Crippen LogP contribution in [0.2, 0.25) is 0 Å². The fraction of sp³-hybridized carbons (Fsp3) is 0.692. The molecule has 1 aliphatic heterocycles. The number of piperazine rings is 1. The minimum absolute atomic E-state index is 0.0555. The van der Waals surface area contributed by atoms with Gasteiger partial charge in [-0.2, -0.15) is 0 Å². The standard InChI is InChI=1S/C13H22N4OS/c1-10(2)11(3)15-12(18)16-5-7-17(8-6-16)13-14-4-9-19-13/h4,9-11H,5-8H2,1-3H3,(H,15,18)/t11-/m1/s1. The summed E-state index contributed by atoms with van der Waals surface area (Å²) in [6.45, 7) is 9.52. The Bertz CT molecular complexity index is 399. The maximum Gasteiger partial charge on any atom is 0.317 e. The van der Waals surface area contributed by atoms with E-state index in [4.69, 9.17) is 0 Å². The van der Waals surface area contributed by atoms with Crippen molar-refractivity contribution in [3.05, 3.63) is 11.6 Å². The lowest BCUT2D eigenvalue weighted by Gasteiger charge is -2.35. The molecule has 1 aliphatic rings. The number of anilines is 1. The highest BCUT2D eigenvalue weighted by Crippen LogP contribution is 2.18. The van der Waals surface area contributed by atoms with Crippen LogP contribution in [0, 0.1) is 5.92 Å². The number of hydrogen-bond acceptors (Lipinski definition) is 4. The van der Waals surface area contributed by atoms with E-state index in [-0.39, 0.29) is 12.1 Å². The maximum atomic E-state index is 12.1. The molecule has 1 atom stereocenters. The summed E-state index contributed by atoms with van der Waals surface area (Å²) in [5.41, 5.74) is 0. The van der Waals surface area contributed by atoms with E-state index in [1.165, 1.54) is 0 Å². The Morgan fingerprint density at radius 2 is 2.00 bits per heavy atom. The summed E-state index contributed by atoms with van der Waals surface area (Å²) in [6.07, 6.45) is 1.82. The Hall–Kier alpha value is -1.30.